The fourth-order valence-electron chi connectivity index (χ4n) is 5.09. The van der Waals surface area contributed by atoms with E-state index in [4.69, 9.17) is 4.74 Å². The van der Waals surface area contributed by atoms with Gasteiger partial charge in [-0.3, -0.25) is 14.4 Å². The highest BCUT2D eigenvalue weighted by molar-refractivity contribution is 6.13. The van der Waals surface area contributed by atoms with Crippen molar-refractivity contribution in [2.75, 3.05) is 17.2 Å². The summed E-state index contributed by atoms with van der Waals surface area (Å²) in [5.74, 6) is -1.83. The van der Waals surface area contributed by atoms with Gasteiger partial charge in [-0.1, -0.05) is 72.8 Å². The van der Waals surface area contributed by atoms with Crippen molar-refractivity contribution >= 4 is 46.0 Å². The van der Waals surface area contributed by atoms with E-state index < -0.39 is 23.8 Å². The third-order valence-electron chi connectivity index (χ3n) is 7.32. The molecule has 228 valence electrons. The van der Waals surface area contributed by atoms with Gasteiger partial charge in [-0.2, -0.15) is 0 Å². The summed E-state index contributed by atoms with van der Waals surface area (Å²) in [6.07, 6.45) is 2.91. The fraction of sp³-hybridized carbons (Fsp3) is 0.167. The molecule has 0 saturated carbocycles. The minimum Gasteiger partial charge on any atom is -0.464 e. The lowest BCUT2D eigenvalue weighted by Gasteiger charge is -2.19. The van der Waals surface area contributed by atoms with Crippen LogP contribution in [-0.4, -0.2) is 41.3 Å². The molecule has 5 aromatic rings. The molecule has 0 aliphatic rings. The summed E-state index contributed by atoms with van der Waals surface area (Å²) in [5, 5.41) is 9.50. The number of carbonyl (C=O) groups excluding carboxylic acids is 4. The molecule has 1 unspecified atom stereocenters. The SMILES string of the molecule is CCOC(=O)C(Cc1ccccc1)NC(=O)c1ccccc1NC(=O)c1ccccc1NC(=O)CCc1c[nH]c2ccccc12. The molecule has 1 atom stereocenters. The molecule has 4 N–H and O–H groups in total. The van der Waals surface area contributed by atoms with E-state index in [0.717, 1.165) is 22.0 Å². The van der Waals surface area contributed by atoms with Crippen molar-refractivity contribution in [2.24, 2.45) is 0 Å². The molecule has 9 heteroatoms. The number of fused-ring (bicyclic) bond motifs is 1. The zero-order chi connectivity index (χ0) is 31.6. The Balaban J connectivity index is 1.27. The molecular weight excluding hydrogens is 568 g/mol. The van der Waals surface area contributed by atoms with Crippen molar-refractivity contribution < 1.29 is 23.9 Å². The van der Waals surface area contributed by atoms with Gasteiger partial charge in [0.2, 0.25) is 5.91 Å². The molecule has 9 nitrogen and oxygen atoms in total. The maximum Gasteiger partial charge on any atom is 0.328 e. The highest BCUT2D eigenvalue weighted by Gasteiger charge is 2.25. The predicted molar refractivity (Wildman–Crippen MR) is 174 cm³/mol. The number of amides is 3. The van der Waals surface area contributed by atoms with Gasteiger partial charge in [0, 0.05) is 29.9 Å². The minimum atomic E-state index is -0.927. The maximum absolute atomic E-state index is 13.5. The van der Waals surface area contributed by atoms with Crippen LogP contribution in [0.5, 0.6) is 0 Å². The quantitative estimate of drug-likeness (QED) is 0.132. The van der Waals surface area contributed by atoms with Crippen molar-refractivity contribution in [2.45, 2.75) is 32.2 Å². The number of hydrogen-bond donors (Lipinski definition) is 4. The van der Waals surface area contributed by atoms with Crippen LogP contribution in [0.15, 0.2) is 109 Å². The first-order valence-electron chi connectivity index (χ1n) is 14.8. The molecular formula is C36H34N4O5. The highest BCUT2D eigenvalue weighted by Crippen LogP contribution is 2.22. The van der Waals surface area contributed by atoms with Crippen molar-refractivity contribution in [1.29, 1.82) is 0 Å². The van der Waals surface area contributed by atoms with E-state index in [0.29, 0.717) is 12.1 Å². The van der Waals surface area contributed by atoms with Crippen molar-refractivity contribution in [3.05, 3.63) is 132 Å². The number of aryl methyl sites for hydroxylation is 1. The van der Waals surface area contributed by atoms with Crippen LogP contribution in [0.4, 0.5) is 11.4 Å². The lowest BCUT2D eigenvalue weighted by atomic mass is 10.0. The van der Waals surface area contributed by atoms with Gasteiger partial charge in [0.05, 0.1) is 29.1 Å². The average Bonchev–Trinajstić information content (AvgIpc) is 3.47. The lowest BCUT2D eigenvalue weighted by Crippen LogP contribution is -2.43. The Kier molecular flexibility index (Phi) is 10.0. The van der Waals surface area contributed by atoms with Gasteiger partial charge in [0.25, 0.3) is 11.8 Å². The molecule has 5 rings (SSSR count). The first kappa shape index (κ1) is 30.7. The predicted octanol–water partition coefficient (Wildman–Crippen LogP) is 5.90. The van der Waals surface area contributed by atoms with Gasteiger partial charge in [-0.05, 0) is 54.8 Å². The Morgan fingerprint density at radius 2 is 1.36 bits per heavy atom. The summed E-state index contributed by atoms with van der Waals surface area (Å²) < 4.78 is 5.21. The molecule has 0 bridgehead atoms. The van der Waals surface area contributed by atoms with Crippen LogP contribution in [0.2, 0.25) is 0 Å². The average molecular weight is 603 g/mol. The van der Waals surface area contributed by atoms with E-state index in [2.05, 4.69) is 20.9 Å². The van der Waals surface area contributed by atoms with Crippen LogP contribution in [-0.2, 0) is 27.2 Å². The van der Waals surface area contributed by atoms with Crippen LogP contribution >= 0.6 is 0 Å². The molecule has 45 heavy (non-hydrogen) atoms. The largest absolute Gasteiger partial charge is 0.464 e. The highest BCUT2D eigenvalue weighted by atomic mass is 16.5. The molecule has 0 saturated heterocycles. The second-order valence-corrected chi connectivity index (χ2v) is 10.4. The van der Waals surface area contributed by atoms with E-state index in [1.807, 2.05) is 60.8 Å². The minimum absolute atomic E-state index is 0.172. The number of nitrogens with one attached hydrogen (secondary N) is 4. The molecule has 1 heterocycles. The molecule has 0 fully saturated rings. The molecule has 3 amide bonds. The van der Waals surface area contributed by atoms with E-state index in [9.17, 15) is 19.2 Å². The third-order valence-corrected chi connectivity index (χ3v) is 7.32. The number of carbonyl (C=O) groups is 4. The monoisotopic (exact) mass is 602 g/mol. The Bertz CT molecular complexity index is 1810. The van der Waals surface area contributed by atoms with Gasteiger partial charge in [-0.25, -0.2) is 4.79 Å². The van der Waals surface area contributed by atoms with E-state index in [1.54, 1.807) is 55.5 Å². The van der Waals surface area contributed by atoms with Gasteiger partial charge in [0.15, 0.2) is 0 Å². The number of aromatic amines is 1. The molecule has 0 aliphatic heterocycles. The Morgan fingerprint density at radius 3 is 2.09 bits per heavy atom. The van der Waals surface area contributed by atoms with E-state index in [1.165, 1.54) is 0 Å². The summed E-state index contributed by atoms with van der Waals surface area (Å²) in [7, 11) is 0. The first-order valence-corrected chi connectivity index (χ1v) is 14.8. The van der Waals surface area contributed by atoms with Crippen LogP contribution in [0.25, 0.3) is 10.9 Å². The maximum atomic E-state index is 13.5. The summed E-state index contributed by atoms with van der Waals surface area (Å²) >= 11 is 0. The van der Waals surface area contributed by atoms with Crippen LogP contribution in [0, 0.1) is 0 Å². The van der Waals surface area contributed by atoms with Crippen LogP contribution < -0.4 is 16.0 Å². The number of anilines is 2. The second kappa shape index (κ2) is 14.7. The Morgan fingerprint density at radius 1 is 0.733 bits per heavy atom. The molecule has 0 aliphatic carbocycles. The summed E-state index contributed by atoms with van der Waals surface area (Å²) in [4.78, 5) is 55.7. The molecule has 0 radical (unpaired) electrons. The number of esters is 1. The standard InChI is InChI=1S/C36H34N4O5/c1-2-45-36(44)32(22-24-12-4-3-5-13-24)40-35(43)28-16-8-11-19-31(28)39-34(42)27-15-7-10-18-30(27)38-33(41)21-20-25-23-37-29-17-9-6-14-26(25)29/h3-19,23,32,37H,2,20-22H2,1H3,(H,38,41)(H,39,42)(H,40,43). The van der Waals surface area contributed by atoms with Crippen molar-refractivity contribution in [3.63, 3.8) is 0 Å². The second-order valence-electron chi connectivity index (χ2n) is 10.4. The number of aromatic nitrogens is 1. The first-order chi connectivity index (χ1) is 21.9. The Labute approximate surface area is 261 Å². The smallest absolute Gasteiger partial charge is 0.328 e. The lowest BCUT2D eigenvalue weighted by molar-refractivity contribution is -0.145. The number of para-hydroxylation sites is 3. The zero-order valence-corrected chi connectivity index (χ0v) is 24.8. The van der Waals surface area contributed by atoms with Gasteiger partial charge in [0.1, 0.15) is 6.04 Å². The van der Waals surface area contributed by atoms with E-state index >= 15 is 0 Å². The normalized spacial score (nSPS) is 11.4. The molecule has 1 aromatic heterocycles. The van der Waals surface area contributed by atoms with Crippen molar-refractivity contribution in [1.82, 2.24) is 10.3 Å². The van der Waals surface area contributed by atoms with Gasteiger partial charge < -0.3 is 25.7 Å². The summed E-state index contributed by atoms with van der Waals surface area (Å²) in [6.45, 7) is 1.87. The summed E-state index contributed by atoms with van der Waals surface area (Å²) in [6, 6.07) is 29.5. The van der Waals surface area contributed by atoms with Gasteiger partial charge in [-0.15, -0.1) is 0 Å². The number of ether oxygens (including phenoxy) is 1. The number of rotatable bonds is 12. The van der Waals surface area contributed by atoms with Crippen LogP contribution in [0.3, 0.4) is 0 Å². The number of H-pyrrole nitrogens is 1. The fourth-order valence-corrected chi connectivity index (χ4v) is 5.09. The zero-order valence-electron chi connectivity index (χ0n) is 24.8. The van der Waals surface area contributed by atoms with Crippen molar-refractivity contribution in [3.8, 4) is 0 Å². The molecule has 0 spiro atoms. The van der Waals surface area contributed by atoms with E-state index in [-0.39, 0.29) is 42.2 Å². The molecule has 4 aromatic carbocycles. The topological polar surface area (TPSA) is 129 Å². The van der Waals surface area contributed by atoms with Crippen LogP contribution in [0.1, 0.15) is 45.2 Å². The Hall–Kier alpha value is -5.70. The van der Waals surface area contributed by atoms with Gasteiger partial charge >= 0.3 is 5.97 Å². The summed E-state index contributed by atoms with van der Waals surface area (Å²) in [5.41, 5.74) is 3.92. The number of benzene rings is 4. The number of hydrogen-bond acceptors (Lipinski definition) is 5. The third kappa shape index (κ3) is 7.83.